The molecule has 100 valence electrons. The first-order chi connectivity index (χ1) is 8.13. The van der Waals surface area contributed by atoms with Crippen molar-refractivity contribution >= 4 is 5.96 Å². The van der Waals surface area contributed by atoms with Gasteiger partial charge in [-0.3, -0.25) is 9.89 Å². The second-order valence-electron chi connectivity index (χ2n) is 5.10. The molecule has 0 spiro atoms. The van der Waals surface area contributed by atoms with E-state index in [0.29, 0.717) is 18.0 Å². The van der Waals surface area contributed by atoms with Crippen LogP contribution in [0.1, 0.15) is 46.5 Å². The van der Waals surface area contributed by atoms with E-state index in [2.05, 4.69) is 36.0 Å². The number of nitrogens with zero attached hydrogens (tertiary/aromatic N) is 2. The van der Waals surface area contributed by atoms with Crippen LogP contribution < -0.4 is 11.1 Å². The van der Waals surface area contributed by atoms with Crippen LogP contribution in [-0.4, -0.2) is 42.6 Å². The first-order valence-corrected chi connectivity index (χ1v) is 6.94. The molecule has 4 nitrogen and oxygen atoms in total. The second-order valence-corrected chi connectivity index (χ2v) is 5.10. The summed E-state index contributed by atoms with van der Waals surface area (Å²) in [6.45, 7) is 9.62. The smallest absolute Gasteiger partial charge is 0.188 e. The molecule has 1 saturated heterocycles. The fourth-order valence-corrected chi connectivity index (χ4v) is 2.19. The van der Waals surface area contributed by atoms with Crippen LogP contribution in [-0.2, 0) is 0 Å². The molecule has 1 aliphatic rings. The zero-order chi connectivity index (χ0) is 12.7. The first-order valence-electron chi connectivity index (χ1n) is 6.94. The molecule has 0 aromatic carbocycles. The van der Waals surface area contributed by atoms with E-state index < -0.39 is 0 Å². The van der Waals surface area contributed by atoms with E-state index in [1.54, 1.807) is 0 Å². The zero-order valence-electron chi connectivity index (χ0n) is 11.6. The number of piperidine rings is 1. The van der Waals surface area contributed by atoms with Crippen molar-refractivity contribution < 1.29 is 0 Å². The molecule has 0 bridgehead atoms. The Balaban J connectivity index is 2.23. The highest BCUT2D eigenvalue weighted by Gasteiger charge is 2.16. The fourth-order valence-electron chi connectivity index (χ4n) is 2.19. The van der Waals surface area contributed by atoms with Gasteiger partial charge in [-0.25, -0.2) is 0 Å². The van der Waals surface area contributed by atoms with E-state index in [4.69, 9.17) is 5.73 Å². The molecule has 0 amide bonds. The van der Waals surface area contributed by atoms with E-state index in [-0.39, 0.29) is 0 Å². The lowest BCUT2D eigenvalue weighted by atomic mass is 10.0. The predicted octanol–water partition coefficient (Wildman–Crippen LogP) is 1.56. The Morgan fingerprint density at radius 1 is 1.53 bits per heavy atom. The maximum absolute atomic E-state index is 5.82. The lowest BCUT2D eigenvalue weighted by molar-refractivity contribution is 0.166. The standard InChI is InChI=1S/C13H28N4/c1-4-11(2)16-13(14)15-8-10-17-9-6-5-7-12(17)3/h11-12H,4-10H2,1-3H3,(H3,14,15,16)/t11-,12+/m0/s1. The number of nitrogens with one attached hydrogen (secondary N) is 1. The molecule has 1 heterocycles. The van der Waals surface area contributed by atoms with Crippen molar-refractivity contribution in [3.05, 3.63) is 0 Å². The molecule has 0 aromatic heterocycles. The molecule has 2 atom stereocenters. The number of guanidine groups is 1. The Morgan fingerprint density at radius 3 is 2.94 bits per heavy atom. The minimum atomic E-state index is 0.410. The Kier molecular flexibility index (Phi) is 6.34. The van der Waals surface area contributed by atoms with Crippen LogP contribution in [0.3, 0.4) is 0 Å². The largest absolute Gasteiger partial charge is 0.370 e. The summed E-state index contributed by atoms with van der Waals surface area (Å²) in [5.41, 5.74) is 5.82. The van der Waals surface area contributed by atoms with Crippen LogP contribution in [0.2, 0.25) is 0 Å². The second kappa shape index (κ2) is 7.54. The molecular weight excluding hydrogens is 212 g/mol. The summed E-state index contributed by atoms with van der Waals surface area (Å²) >= 11 is 0. The summed E-state index contributed by atoms with van der Waals surface area (Å²) in [7, 11) is 0. The molecule has 0 aromatic rings. The maximum Gasteiger partial charge on any atom is 0.188 e. The van der Waals surface area contributed by atoms with E-state index in [9.17, 15) is 0 Å². The van der Waals surface area contributed by atoms with Gasteiger partial charge in [0.05, 0.1) is 6.54 Å². The molecule has 3 N–H and O–H groups in total. The molecule has 0 aliphatic carbocycles. The monoisotopic (exact) mass is 240 g/mol. The van der Waals surface area contributed by atoms with Gasteiger partial charge in [0.25, 0.3) is 0 Å². The van der Waals surface area contributed by atoms with Crippen LogP contribution in [0.5, 0.6) is 0 Å². The summed E-state index contributed by atoms with van der Waals surface area (Å²) < 4.78 is 0. The van der Waals surface area contributed by atoms with Crippen LogP contribution in [0, 0.1) is 0 Å². The highest BCUT2D eigenvalue weighted by molar-refractivity contribution is 5.78. The Labute approximate surface area is 106 Å². The van der Waals surface area contributed by atoms with Crippen molar-refractivity contribution in [2.45, 2.75) is 58.5 Å². The number of aliphatic imine (C=N–C) groups is 1. The van der Waals surface area contributed by atoms with Gasteiger partial charge in [-0.1, -0.05) is 13.3 Å². The van der Waals surface area contributed by atoms with Crippen LogP contribution in [0.25, 0.3) is 0 Å². The van der Waals surface area contributed by atoms with Crippen LogP contribution >= 0.6 is 0 Å². The molecule has 0 saturated carbocycles. The average molecular weight is 240 g/mol. The number of nitrogens with two attached hydrogens (primary N) is 1. The maximum atomic E-state index is 5.82. The van der Waals surface area contributed by atoms with Gasteiger partial charge >= 0.3 is 0 Å². The molecular formula is C13H28N4. The Morgan fingerprint density at radius 2 is 2.29 bits per heavy atom. The molecule has 17 heavy (non-hydrogen) atoms. The van der Waals surface area contributed by atoms with Crippen LogP contribution in [0.15, 0.2) is 4.99 Å². The molecule has 1 fully saturated rings. The van der Waals surface area contributed by atoms with Crippen molar-refractivity contribution in [1.29, 1.82) is 0 Å². The number of hydrogen-bond donors (Lipinski definition) is 2. The minimum Gasteiger partial charge on any atom is -0.370 e. The highest BCUT2D eigenvalue weighted by atomic mass is 15.2. The first kappa shape index (κ1) is 14.3. The van der Waals surface area contributed by atoms with Gasteiger partial charge in [0, 0.05) is 18.6 Å². The highest BCUT2D eigenvalue weighted by Crippen LogP contribution is 2.15. The summed E-state index contributed by atoms with van der Waals surface area (Å²) in [5.74, 6) is 0.587. The lowest BCUT2D eigenvalue weighted by Gasteiger charge is -2.32. The van der Waals surface area contributed by atoms with Gasteiger partial charge < -0.3 is 11.1 Å². The third-order valence-corrected chi connectivity index (χ3v) is 3.62. The summed E-state index contributed by atoms with van der Waals surface area (Å²) in [6, 6.07) is 1.12. The van der Waals surface area contributed by atoms with E-state index in [1.807, 2.05) is 0 Å². The normalized spacial score (nSPS) is 24.6. The predicted molar refractivity (Wildman–Crippen MR) is 74.3 cm³/mol. The summed E-state index contributed by atoms with van der Waals surface area (Å²) in [4.78, 5) is 6.90. The van der Waals surface area contributed by atoms with E-state index in [0.717, 1.165) is 19.5 Å². The minimum absolute atomic E-state index is 0.410. The van der Waals surface area contributed by atoms with Crippen molar-refractivity contribution in [3.63, 3.8) is 0 Å². The molecule has 0 unspecified atom stereocenters. The quantitative estimate of drug-likeness (QED) is 0.566. The van der Waals surface area contributed by atoms with Crippen molar-refractivity contribution in [2.75, 3.05) is 19.6 Å². The van der Waals surface area contributed by atoms with Gasteiger partial charge in [0.1, 0.15) is 0 Å². The number of hydrogen-bond acceptors (Lipinski definition) is 2. The van der Waals surface area contributed by atoms with E-state index >= 15 is 0 Å². The van der Waals surface area contributed by atoms with Gasteiger partial charge in [-0.2, -0.15) is 0 Å². The van der Waals surface area contributed by atoms with Gasteiger partial charge in [0.15, 0.2) is 5.96 Å². The third-order valence-electron chi connectivity index (χ3n) is 3.62. The fraction of sp³-hybridized carbons (Fsp3) is 0.923. The molecule has 4 heteroatoms. The summed E-state index contributed by atoms with van der Waals surface area (Å²) in [6.07, 6.45) is 5.09. The van der Waals surface area contributed by atoms with Gasteiger partial charge in [0.2, 0.25) is 0 Å². The summed E-state index contributed by atoms with van der Waals surface area (Å²) in [5, 5.41) is 3.19. The molecule has 0 radical (unpaired) electrons. The Bertz CT molecular complexity index is 240. The van der Waals surface area contributed by atoms with Crippen LogP contribution in [0.4, 0.5) is 0 Å². The Hall–Kier alpha value is -0.770. The SMILES string of the molecule is CC[C@H](C)NC(N)=NCCN1CCCC[C@H]1C. The lowest BCUT2D eigenvalue weighted by Crippen LogP contribution is -2.41. The van der Waals surface area contributed by atoms with Gasteiger partial charge in [-0.15, -0.1) is 0 Å². The van der Waals surface area contributed by atoms with E-state index in [1.165, 1.54) is 25.8 Å². The third kappa shape index (κ3) is 5.39. The topological polar surface area (TPSA) is 53.6 Å². The number of rotatable bonds is 5. The van der Waals surface area contributed by atoms with Gasteiger partial charge in [-0.05, 0) is 39.7 Å². The zero-order valence-corrected chi connectivity index (χ0v) is 11.6. The van der Waals surface area contributed by atoms with Crippen molar-refractivity contribution in [1.82, 2.24) is 10.2 Å². The molecule has 1 aliphatic heterocycles. The van der Waals surface area contributed by atoms with Crippen molar-refractivity contribution in [3.8, 4) is 0 Å². The molecule has 1 rings (SSSR count). The van der Waals surface area contributed by atoms with Crippen molar-refractivity contribution in [2.24, 2.45) is 10.7 Å². The average Bonchev–Trinajstić information content (AvgIpc) is 2.31. The number of likely N-dealkylation sites (tertiary alicyclic amines) is 1.